The van der Waals surface area contributed by atoms with Crippen molar-refractivity contribution in [2.75, 3.05) is 5.73 Å². The lowest BCUT2D eigenvalue weighted by Gasteiger charge is -2.15. The van der Waals surface area contributed by atoms with Crippen LogP contribution in [0.2, 0.25) is 0 Å². The lowest BCUT2D eigenvalue weighted by Crippen LogP contribution is -2.27. The standard InChI is InChI=1S/C10H11N5O3/c1-4-6(16)7(17)10(18-4)15-3-14-5-8(11)12-2-13-9(5)15/h2-3,6-7,10,16-17H,1H2,(H2,11,12,13)/t6-,7+,10-/m0/s1. The maximum absolute atomic E-state index is 9.87. The number of nitrogens with zero attached hydrogens (tertiary/aromatic N) is 4. The summed E-state index contributed by atoms with van der Waals surface area (Å²) in [4.78, 5) is 11.9. The van der Waals surface area contributed by atoms with Crippen LogP contribution in [0, 0.1) is 0 Å². The van der Waals surface area contributed by atoms with Gasteiger partial charge in [0.05, 0.1) is 0 Å². The fourth-order valence-electron chi connectivity index (χ4n) is 1.92. The van der Waals surface area contributed by atoms with Crippen LogP contribution in [0.4, 0.5) is 5.82 Å². The first-order valence-corrected chi connectivity index (χ1v) is 5.24. The van der Waals surface area contributed by atoms with Crippen molar-refractivity contribution >= 4 is 17.0 Å². The average molecular weight is 249 g/mol. The Bertz CT molecular complexity index is 625. The number of ether oxygens (including phenoxy) is 1. The third-order valence-corrected chi connectivity index (χ3v) is 2.88. The SMILES string of the molecule is C=C1O[C@H](n2cnc3c(N)ncnc32)[C@H](O)[C@H]1O. The number of nitrogens with two attached hydrogens (primary N) is 1. The van der Waals surface area contributed by atoms with Crippen LogP contribution in [-0.4, -0.2) is 41.9 Å². The summed E-state index contributed by atoms with van der Waals surface area (Å²) < 4.78 is 6.79. The molecule has 0 unspecified atom stereocenters. The highest BCUT2D eigenvalue weighted by molar-refractivity contribution is 5.81. The highest BCUT2D eigenvalue weighted by atomic mass is 16.5. The van der Waals surface area contributed by atoms with Crippen LogP contribution in [0.3, 0.4) is 0 Å². The second-order valence-corrected chi connectivity index (χ2v) is 3.99. The van der Waals surface area contributed by atoms with Gasteiger partial charge in [0.1, 0.15) is 36.1 Å². The number of hydrogen-bond acceptors (Lipinski definition) is 7. The van der Waals surface area contributed by atoms with E-state index >= 15 is 0 Å². The number of fused-ring (bicyclic) bond motifs is 1. The van der Waals surface area contributed by atoms with Gasteiger partial charge >= 0.3 is 0 Å². The van der Waals surface area contributed by atoms with E-state index in [0.717, 1.165) is 0 Å². The Labute approximate surface area is 101 Å². The Kier molecular flexibility index (Phi) is 2.22. The van der Waals surface area contributed by atoms with E-state index in [1.54, 1.807) is 0 Å². The van der Waals surface area contributed by atoms with E-state index in [9.17, 15) is 10.2 Å². The zero-order chi connectivity index (χ0) is 12.9. The quantitative estimate of drug-likeness (QED) is 0.603. The van der Waals surface area contributed by atoms with Gasteiger partial charge in [-0.15, -0.1) is 0 Å². The largest absolute Gasteiger partial charge is 0.469 e. The zero-order valence-corrected chi connectivity index (χ0v) is 9.26. The maximum Gasteiger partial charge on any atom is 0.207 e. The number of imidazole rings is 1. The van der Waals surface area contributed by atoms with Crippen LogP contribution in [-0.2, 0) is 4.74 Å². The van der Waals surface area contributed by atoms with E-state index in [1.807, 2.05) is 0 Å². The van der Waals surface area contributed by atoms with Crippen LogP contribution < -0.4 is 5.73 Å². The second kappa shape index (κ2) is 3.65. The van der Waals surface area contributed by atoms with E-state index in [-0.39, 0.29) is 11.6 Å². The van der Waals surface area contributed by atoms with E-state index in [1.165, 1.54) is 17.2 Å². The Morgan fingerprint density at radius 2 is 2.11 bits per heavy atom. The smallest absolute Gasteiger partial charge is 0.207 e. The normalized spacial score (nSPS) is 27.7. The van der Waals surface area contributed by atoms with Crippen molar-refractivity contribution in [1.82, 2.24) is 19.5 Å². The number of hydrogen-bond donors (Lipinski definition) is 3. The lowest BCUT2D eigenvalue weighted by molar-refractivity contribution is -0.0118. The monoisotopic (exact) mass is 249 g/mol. The number of anilines is 1. The summed E-state index contributed by atoms with van der Waals surface area (Å²) in [5.74, 6) is 0.349. The van der Waals surface area contributed by atoms with Crippen molar-refractivity contribution < 1.29 is 14.9 Å². The molecule has 8 heteroatoms. The minimum Gasteiger partial charge on any atom is -0.469 e. The number of aromatic nitrogens is 4. The molecule has 0 bridgehead atoms. The third kappa shape index (κ3) is 1.36. The molecule has 1 fully saturated rings. The van der Waals surface area contributed by atoms with E-state index < -0.39 is 18.4 Å². The molecule has 0 aliphatic carbocycles. The molecule has 1 aliphatic rings. The molecule has 0 radical (unpaired) electrons. The molecule has 4 N–H and O–H groups in total. The molecule has 0 amide bonds. The number of nitrogen functional groups attached to an aromatic ring is 1. The zero-order valence-electron chi connectivity index (χ0n) is 9.26. The topological polar surface area (TPSA) is 119 Å². The molecular weight excluding hydrogens is 238 g/mol. The summed E-state index contributed by atoms with van der Waals surface area (Å²) in [6, 6.07) is 0. The predicted molar refractivity (Wildman–Crippen MR) is 61.0 cm³/mol. The highest BCUT2D eigenvalue weighted by Gasteiger charge is 2.40. The van der Waals surface area contributed by atoms with Crippen molar-refractivity contribution in [2.45, 2.75) is 18.4 Å². The molecule has 0 aromatic carbocycles. The molecule has 0 saturated carbocycles. The minimum atomic E-state index is -1.13. The Balaban J connectivity index is 2.11. The van der Waals surface area contributed by atoms with Gasteiger partial charge in [-0.25, -0.2) is 15.0 Å². The van der Waals surface area contributed by atoms with Crippen molar-refractivity contribution in [2.24, 2.45) is 0 Å². The van der Waals surface area contributed by atoms with Crippen LogP contribution in [0.1, 0.15) is 6.23 Å². The maximum atomic E-state index is 9.87. The van der Waals surface area contributed by atoms with E-state index in [2.05, 4.69) is 21.5 Å². The first kappa shape index (κ1) is 10.9. The molecule has 1 saturated heterocycles. The predicted octanol–water partition coefficient (Wildman–Crippen LogP) is -0.827. The van der Waals surface area contributed by atoms with Gasteiger partial charge in [0.2, 0.25) is 6.23 Å². The summed E-state index contributed by atoms with van der Waals surface area (Å²) in [5.41, 5.74) is 6.50. The Morgan fingerprint density at radius 1 is 1.33 bits per heavy atom. The Hall–Kier alpha value is -2.19. The summed E-state index contributed by atoms with van der Waals surface area (Å²) in [6.07, 6.45) is -0.373. The summed E-state index contributed by atoms with van der Waals surface area (Å²) in [5, 5.41) is 19.5. The summed E-state index contributed by atoms with van der Waals surface area (Å²) in [6.45, 7) is 3.52. The van der Waals surface area contributed by atoms with Crippen LogP contribution in [0.25, 0.3) is 11.2 Å². The van der Waals surface area contributed by atoms with Gasteiger partial charge in [0.25, 0.3) is 0 Å². The van der Waals surface area contributed by atoms with Crippen molar-refractivity contribution in [1.29, 1.82) is 0 Å². The Morgan fingerprint density at radius 3 is 2.78 bits per heavy atom. The third-order valence-electron chi connectivity index (χ3n) is 2.88. The van der Waals surface area contributed by atoms with E-state index in [4.69, 9.17) is 10.5 Å². The van der Waals surface area contributed by atoms with Gasteiger partial charge in [-0.1, -0.05) is 6.58 Å². The lowest BCUT2D eigenvalue weighted by atomic mass is 10.2. The molecule has 2 aromatic heterocycles. The van der Waals surface area contributed by atoms with Crippen LogP contribution in [0.15, 0.2) is 25.0 Å². The minimum absolute atomic E-state index is 0.108. The van der Waals surface area contributed by atoms with E-state index in [0.29, 0.717) is 11.2 Å². The van der Waals surface area contributed by atoms with Crippen molar-refractivity contribution in [3.63, 3.8) is 0 Å². The number of aliphatic hydroxyl groups excluding tert-OH is 2. The first-order chi connectivity index (χ1) is 8.59. The molecule has 18 heavy (non-hydrogen) atoms. The molecule has 2 aromatic rings. The molecule has 3 rings (SSSR count). The fourth-order valence-corrected chi connectivity index (χ4v) is 1.92. The van der Waals surface area contributed by atoms with Crippen molar-refractivity contribution in [3.05, 3.63) is 25.0 Å². The number of rotatable bonds is 1. The fraction of sp³-hybridized carbons (Fsp3) is 0.300. The van der Waals surface area contributed by atoms with Gasteiger partial charge in [0, 0.05) is 0 Å². The molecule has 3 heterocycles. The van der Waals surface area contributed by atoms with Gasteiger partial charge in [0.15, 0.2) is 11.5 Å². The molecular formula is C10H11N5O3. The average Bonchev–Trinajstić information content (AvgIpc) is 2.88. The first-order valence-electron chi connectivity index (χ1n) is 5.24. The van der Waals surface area contributed by atoms with Gasteiger partial charge in [-0.3, -0.25) is 4.57 Å². The molecule has 3 atom stereocenters. The van der Waals surface area contributed by atoms with Crippen LogP contribution in [0.5, 0.6) is 0 Å². The second-order valence-electron chi connectivity index (χ2n) is 3.99. The highest BCUT2D eigenvalue weighted by Crippen LogP contribution is 2.32. The van der Waals surface area contributed by atoms with Gasteiger partial charge < -0.3 is 20.7 Å². The summed E-state index contributed by atoms with van der Waals surface area (Å²) >= 11 is 0. The van der Waals surface area contributed by atoms with Gasteiger partial charge in [-0.2, -0.15) is 0 Å². The molecule has 1 aliphatic heterocycles. The molecule has 94 valence electrons. The molecule has 8 nitrogen and oxygen atoms in total. The molecule has 0 spiro atoms. The van der Waals surface area contributed by atoms with Crippen molar-refractivity contribution in [3.8, 4) is 0 Å². The summed E-state index contributed by atoms with van der Waals surface area (Å²) in [7, 11) is 0. The number of aliphatic hydroxyl groups is 2. The van der Waals surface area contributed by atoms with Gasteiger partial charge in [-0.05, 0) is 0 Å². The van der Waals surface area contributed by atoms with Crippen LogP contribution >= 0.6 is 0 Å².